The number of aliphatic carboxylic acids is 1. The smallest absolute Gasteiger partial charge is 0.307 e. The average molecular weight is 393 g/mol. The van der Waals surface area contributed by atoms with Gasteiger partial charge in [0.05, 0.1) is 24.0 Å². The Kier molecular flexibility index (Phi) is 5.86. The number of pyridine rings is 1. The third kappa shape index (κ3) is 4.81. The van der Waals surface area contributed by atoms with Crippen molar-refractivity contribution in [3.8, 4) is 17.1 Å². The van der Waals surface area contributed by atoms with Gasteiger partial charge in [-0.05, 0) is 48.6 Å². The van der Waals surface area contributed by atoms with E-state index < -0.39 is 5.97 Å². The minimum atomic E-state index is -0.837. The van der Waals surface area contributed by atoms with Crippen LogP contribution in [-0.2, 0) is 22.6 Å². The quantitative estimate of drug-likeness (QED) is 0.656. The van der Waals surface area contributed by atoms with Crippen LogP contribution in [0.4, 0.5) is 0 Å². The molecule has 7 heteroatoms. The van der Waals surface area contributed by atoms with Gasteiger partial charge in [0.2, 0.25) is 0 Å². The number of carboxylic acids is 1. The zero-order chi connectivity index (χ0) is 20.1. The fourth-order valence-corrected chi connectivity index (χ4v) is 3.37. The van der Waals surface area contributed by atoms with Gasteiger partial charge in [0, 0.05) is 12.8 Å². The maximum Gasteiger partial charge on any atom is 0.307 e. The third-order valence-electron chi connectivity index (χ3n) is 4.88. The summed E-state index contributed by atoms with van der Waals surface area (Å²) in [6.45, 7) is 1.16. The van der Waals surface area contributed by atoms with E-state index in [0.29, 0.717) is 12.4 Å². The van der Waals surface area contributed by atoms with Crippen LogP contribution in [-0.4, -0.2) is 32.4 Å². The first-order valence-corrected chi connectivity index (χ1v) is 9.73. The molecule has 1 atom stereocenters. The van der Waals surface area contributed by atoms with E-state index >= 15 is 0 Å². The molecular formula is C22H23N3O4. The van der Waals surface area contributed by atoms with Crippen LogP contribution in [0.1, 0.15) is 36.6 Å². The number of aromatic nitrogens is 3. The molecule has 0 aliphatic carbocycles. The van der Waals surface area contributed by atoms with E-state index in [2.05, 4.69) is 10.1 Å². The minimum Gasteiger partial charge on any atom is -0.487 e. The zero-order valence-electron chi connectivity index (χ0n) is 16.0. The van der Waals surface area contributed by atoms with Crippen LogP contribution >= 0.6 is 0 Å². The molecule has 0 spiro atoms. The highest BCUT2D eigenvalue weighted by Gasteiger charge is 2.20. The number of hydrogen-bond acceptors (Lipinski definition) is 5. The number of hydrogen-bond donors (Lipinski definition) is 1. The Hall–Kier alpha value is -3.19. The topological polar surface area (TPSA) is 86.5 Å². The van der Waals surface area contributed by atoms with Gasteiger partial charge in [-0.2, -0.15) is 5.10 Å². The van der Waals surface area contributed by atoms with Gasteiger partial charge >= 0.3 is 5.97 Å². The van der Waals surface area contributed by atoms with Crippen LogP contribution in [0.3, 0.4) is 0 Å². The van der Waals surface area contributed by atoms with E-state index in [1.807, 2.05) is 47.1 Å². The van der Waals surface area contributed by atoms with Crippen LogP contribution < -0.4 is 4.74 Å². The number of carboxylic acid groups (broad SMARTS) is 1. The Morgan fingerprint density at radius 1 is 1.14 bits per heavy atom. The maximum atomic E-state index is 10.7. The predicted molar refractivity (Wildman–Crippen MR) is 106 cm³/mol. The molecular weight excluding hydrogens is 370 g/mol. The van der Waals surface area contributed by atoms with Gasteiger partial charge in [-0.3, -0.25) is 9.78 Å². The third-order valence-corrected chi connectivity index (χ3v) is 4.88. The highest BCUT2D eigenvalue weighted by molar-refractivity contribution is 5.70. The summed E-state index contributed by atoms with van der Waals surface area (Å²) in [6, 6.07) is 13.1. The van der Waals surface area contributed by atoms with Crippen molar-refractivity contribution < 1.29 is 19.4 Å². The Bertz CT molecular complexity index is 945. The van der Waals surface area contributed by atoms with Crippen molar-refractivity contribution >= 4 is 5.97 Å². The molecule has 1 fully saturated rings. The Morgan fingerprint density at radius 3 is 2.66 bits per heavy atom. The van der Waals surface area contributed by atoms with Crippen molar-refractivity contribution in [1.82, 2.24) is 14.8 Å². The van der Waals surface area contributed by atoms with Crippen molar-refractivity contribution in [3.05, 3.63) is 66.0 Å². The van der Waals surface area contributed by atoms with E-state index in [1.165, 1.54) is 0 Å². The van der Waals surface area contributed by atoms with E-state index in [9.17, 15) is 4.79 Å². The molecule has 0 amide bonds. The van der Waals surface area contributed by atoms with Crippen molar-refractivity contribution in [2.75, 3.05) is 6.61 Å². The number of nitrogens with zero attached hydrogens (tertiary/aromatic N) is 3. The van der Waals surface area contributed by atoms with Gasteiger partial charge in [-0.1, -0.05) is 24.3 Å². The summed E-state index contributed by atoms with van der Waals surface area (Å²) in [5.41, 5.74) is 3.49. The fraction of sp³-hybridized carbons (Fsp3) is 0.318. The number of benzene rings is 1. The van der Waals surface area contributed by atoms with Gasteiger partial charge in [-0.25, -0.2) is 4.68 Å². The van der Waals surface area contributed by atoms with Crippen molar-refractivity contribution in [2.24, 2.45) is 0 Å². The maximum absolute atomic E-state index is 10.7. The lowest BCUT2D eigenvalue weighted by Crippen LogP contribution is -2.20. The van der Waals surface area contributed by atoms with Crippen LogP contribution in [0.25, 0.3) is 11.4 Å². The SMILES string of the molecule is O=C(O)Cc1ccc(COc2ccc(-c3ccnn3C3CCCCO3)nc2)cc1. The summed E-state index contributed by atoms with van der Waals surface area (Å²) in [6.07, 6.45) is 6.66. The Balaban J connectivity index is 1.39. The molecule has 1 unspecified atom stereocenters. The molecule has 0 radical (unpaired) electrons. The molecule has 2 aromatic heterocycles. The van der Waals surface area contributed by atoms with Gasteiger partial charge in [0.1, 0.15) is 12.4 Å². The van der Waals surface area contributed by atoms with E-state index in [1.54, 1.807) is 12.4 Å². The first kappa shape index (κ1) is 19.1. The summed E-state index contributed by atoms with van der Waals surface area (Å²) >= 11 is 0. The van der Waals surface area contributed by atoms with Crippen LogP contribution in [0.5, 0.6) is 5.75 Å². The zero-order valence-corrected chi connectivity index (χ0v) is 16.0. The minimum absolute atomic E-state index is 0.0228. The molecule has 150 valence electrons. The lowest BCUT2D eigenvalue weighted by Gasteiger charge is -2.24. The normalized spacial score (nSPS) is 16.5. The van der Waals surface area contributed by atoms with Crippen molar-refractivity contribution in [1.29, 1.82) is 0 Å². The Labute approximate surface area is 168 Å². The monoisotopic (exact) mass is 393 g/mol. The van der Waals surface area contributed by atoms with Crippen LogP contribution in [0.2, 0.25) is 0 Å². The highest BCUT2D eigenvalue weighted by Crippen LogP contribution is 2.28. The Morgan fingerprint density at radius 2 is 1.97 bits per heavy atom. The van der Waals surface area contributed by atoms with Crippen LogP contribution in [0.15, 0.2) is 54.9 Å². The second kappa shape index (κ2) is 8.87. The van der Waals surface area contributed by atoms with Crippen LogP contribution in [0, 0.1) is 0 Å². The summed E-state index contributed by atoms with van der Waals surface area (Å²) in [5.74, 6) is -0.167. The van der Waals surface area contributed by atoms with Gasteiger partial charge in [-0.15, -0.1) is 0 Å². The molecule has 1 aliphatic heterocycles. The fourth-order valence-electron chi connectivity index (χ4n) is 3.37. The molecule has 1 N–H and O–H groups in total. The molecule has 7 nitrogen and oxygen atoms in total. The second-order valence-corrected chi connectivity index (χ2v) is 7.04. The number of rotatable bonds is 7. The summed E-state index contributed by atoms with van der Waals surface area (Å²) in [4.78, 5) is 15.3. The molecule has 0 saturated carbocycles. The van der Waals surface area contributed by atoms with Crippen molar-refractivity contribution in [2.45, 2.75) is 38.5 Å². The second-order valence-electron chi connectivity index (χ2n) is 7.04. The van der Waals surface area contributed by atoms with Gasteiger partial charge < -0.3 is 14.6 Å². The highest BCUT2D eigenvalue weighted by atomic mass is 16.5. The summed E-state index contributed by atoms with van der Waals surface area (Å²) < 4.78 is 13.6. The molecule has 29 heavy (non-hydrogen) atoms. The van der Waals surface area contributed by atoms with E-state index in [-0.39, 0.29) is 12.6 Å². The molecule has 3 heterocycles. The lowest BCUT2D eigenvalue weighted by molar-refractivity contribution is -0.136. The summed E-state index contributed by atoms with van der Waals surface area (Å²) in [5, 5.41) is 13.2. The molecule has 3 aromatic rings. The standard InChI is InChI=1S/C22H23N3O4/c26-22(27)13-16-4-6-17(7-5-16)15-29-18-8-9-19(23-14-18)20-10-11-24-25(20)21-3-1-2-12-28-21/h4-11,14,21H,1-3,12-13,15H2,(H,26,27). The van der Waals surface area contributed by atoms with E-state index in [4.69, 9.17) is 14.6 Å². The van der Waals surface area contributed by atoms with Gasteiger partial charge in [0.25, 0.3) is 0 Å². The predicted octanol–water partition coefficient (Wildman–Crippen LogP) is 3.85. The molecule has 0 bridgehead atoms. The average Bonchev–Trinajstić information content (AvgIpc) is 3.24. The summed E-state index contributed by atoms with van der Waals surface area (Å²) in [7, 11) is 0. The largest absolute Gasteiger partial charge is 0.487 e. The lowest BCUT2D eigenvalue weighted by atomic mass is 10.1. The van der Waals surface area contributed by atoms with E-state index in [0.717, 1.165) is 48.4 Å². The molecule has 1 saturated heterocycles. The number of ether oxygens (including phenoxy) is 2. The first-order chi connectivity index (χ1) is 14.2. The molecule has 4 rings (SSSR count). The molecule has 1 aromatic carbocycles. The van der Waals surface area contributed by atoms with Gasteiger partial charge in [0.15, 0.2) is 6.23 Å². The number of carbonyl (C=O) groups is 1. The first-order valence-electron chi connectivity index (χ1n) is 9.73. The van der Waals surface area contributed by atoms with Crippen molar-refractivity contribution in [3.63, 3.8) is 0 Å². The molecule has 1 aliphatic rings.